The van der Waals surface area contributed by atoms with E-state index in [9.17, 15) is 9.18 Å². The lowest BCUT2D eigenvalue weighted by Crippen LogP contribution is -2.30. The number of hydrogen-bond acceptors (Lipinski definition) is 5. The number of halogens is 1. The molecule has 6 nitrogen and oxygen atoms in total. The van der Waals surface area contributed by atoms with E-state index in [1.165, 1.54) is 0 Å². The summed E-state index contributed by atoms with van der Waals surface area (Å²) in [5.41, 5.74) is 0. The third-order valence-corrected chi connectivity index (χ3v) is 2.67. The topological polar surface area (TPSA) is 70.2 Å². The minimum absolute atomic E-state index is 0.0149. The number of anilines is 2. The summed E-state index contributed by atoms with van der Waals surface area (Å²) in [6, 6.07) is 0. The predicted octanol–water partition coefficient (Wildman–Crippen LogP) is 0.374. The molecule has 1 amide bonds. The van der Waals surface area contributed by atoms with Crippen LogP contribution in [0.3, 0.4) is 0 Å². The summed E-state index contributed by atoms with van der Waals surface area (Å²) in [5.74, 6) is 0.166. The van der Waals surface area contributed by atoms with Crippen molar-refractivity contribution in [2.24, 2.45) is 0 Å². The molecule has 0 radical (unpaired) electrons. The lowest BCUT2D eigenvalue weighted by Gasteiger charge is -2.21. The van der Waals surface area contributed by atoms with E-state index < -0.39 is 5.82 Å². The van der Waals surface area contributed by atoms with Gasteiger partial charge in [-0.05, 0) is 6.92 Å². The van der Waals surface area contributed by atoms with E-state index in [1.54, 1.807) is 4.90 Å². The molecule has 1 fully saturated rings. The summed E-state index contributed by atoms with van der Waals surface area (Å²) in [4.78, 5) is 21.0. The molecule has 18 heavy (non-hydrogen) atoms. The first-order chi connectivity index (χ1) is 8.70. The number of aromatic nitrogens is 2. The highest BCUT2D eigenvalue weighted by molar-refractivity contribution is 5.77. The largest absolute Gasteiger partial charge is 0.354 e. The highest BCUT2D eigenvalue weighted by Crippen LogP contribution is 2.18. The zero-order valence-corrected chi connectivity index (χ0v) is 10.2. The van der Waals surface area contributed by atoms with Gasteiger partial charge in [0, 0.05) is 32.6 Å². The van der Waals surface area contributed by atoms with Crippen molar-refractivity contribution in [1.82, 2.24) is 15.3 Å². The predicted molar refractivity (Wildman–Crippen MR) is 66.0 cm³/mol. The van der Waals surface area contributed by atoms with Crippen LogP contribution in [-0.4, -0.2) is 42.1 Å². The normalized spacial score (nSPS) is 16.1. The number of carbonyl (C=O) groups is 1. The lowest BCUT2D eigenvalue weighted by molar-refractivity contribution is -0.120. The van der Waals surface area contributed by atoms with Gasteiger partial charge >= 0.3 is 0 Å². The summed E-state index contributed by atoms with van der Waals surface area (Å²) in [6.07, 6.45) is 1.50. The second kappa shape index (κ2) is 5.61. The minimum atomic E-state index is -0.467. The first kappa shape index (κ1) is 12.5. The molecule has 1 aliphatic rings. The van der Waals surface area contributed by atoms with Crippen LogP contribution in [0.5, 0.6) is 0 Å². The van der Waals surface area contributed by atoms with Crippen LogP contribution < -0.4 is 15.5 Å². The van der Waals surface area contributed by atoms with E-state index in [1.807, 2.05) is 6.92 Å². The third-order valence-electron chi connectivity index (χ3n) is 2.67. The van der Waals surface area contributed by atoms with Crippen LogP contribution >= 0.6 is 0 Å². The van der Waals surface area contributed by atoms with Gasteiger partial charge in [0.05, 0.1) is 6.20 Å². The van der Waals surface area contributed by atoms with Gasteiger partial charge in [0.25, 0.3) is 0 Å². The molecule has 7 heteroatoms. The van der Waals surface area contributed by atoms with E-state index in [0.29, 0.717) is 38.5 Å². The standard InChI is InChI=1S/C11H16FN5O/c1-2-13-11-15-7-8(12)10(16-11)17-5-3-9(18)14-4-6-17/h7H,2-6H2,1H3,(H,14,18)(H,13,15,16). The fourth-order valence-corrected chi connectivity index (χ4v) is 1.80. The van der Waals surface area contributed by atoms with E-state index in [-0.39, 0.29) is 11.7 Å². The Morgan fingerprint density at radius 1 is 1.56 bits per heavy atom. The summed E-state index contributed by atoms with van der Waals surface area (Å²) < 4.78 is 13.7. The molecule has 1 aliphatic heterocycles. The summed E-state index contributed by atoms with van der Waals surface area (Å²) in [5, 5.41) is 5.68. The van der Waals surface area contributed by atoms with Gasteiger partial charge in [-0.2, -0.15) is 4.98 Å². The van der Waals surface area contributed by atoms with Gasteiger partial charge in [0.1, 0.15) is 0 Å². The monoisotopic (exact) mass is 253 g/mol. The van der Waals surface area contributed by atoms with Crippen molar-refractivity contribution in [3.05, 3.63) is 12.0 Å². The fourth-order valence-electron chi connectivity index (χ4n) is 1.80. The maximum atomic E-state index is 13.7. The van der Waals surface area contributed by atoms with Crippen molar-refractivity contribution in [3.63, 3.8) is 0 Å². The SMILES string of the molecule is CCNc1ncc(F)c(N2CCNC(=O)CC2)n1. The zero-order valence-electron chi connectivity index (χ0n) is 10.2. The molecule has 98 valence electrons. The minimum Gasteiger partial charge on any atom is -0.354 e. The molecule has 0 aromatic carbocycles. The average molecular weight is 253 g/mol. The highest BCUT2D eigenvalue weighted by Gasteiger charge is 2.18. The zero-order chi connectivity index (χ0) is 13.0. The number of hydrogen-bond donors (Lipinski definition) is 2. The van der Waals surface area contributed by atoms with Crippen molar-refractivity contribution in [1.29, 1.82) is 0 Å². The highest BCUT2D eigenvalue weighted by atomic mass is 19.1. The molecule has 0 bridgehead atoms. The molecule has 2 heterocycles. The Morgan fingerprint density at radius 2 is 2.39 bits per heavy atom. The quantitative estimate of drug-likeness (QED) is 0.814. The van der Waals surface area contributed by atoms with Gasteiger partial charge in [-0.1, -0.05) is 0 Å². The maximum Gasteiger partial charge on any atom is 0.224 e. The smallest absolute Gasteiger partial charge is 0.224 e. The first-order valence-electron chi connectivity index (χ1n) is 5.98. The summed E-state index contributed by atoms with van der Waals surface area (Å²) >= 11 is 0. The number of carbonyl (C=O) groups excluding carboxylic acids is 1. The van der Waals surface area contributed by atoms with Crippen LogP contribution in [0, 0.1) is 5.82 Å². The molecule has 0 saturated carbocycles. The molecule has 1 saturated heterocycles. The van der Waals surface area contributed by atoms with E-state index in [4.69, 9.17) is 0 Å². The molecular formula is C11H16FN5O. The second-order valence-electron chi connectivity index (χ2n) is 3.98. The van der Waals surface area contributed by atoms with E-state index in [0.717, 1.165) is 6.20 Å². The van der Waals surface area contributed by atoms with Crippen molar-refractivity contribution in [3.8, 4) is 0 Å². The van der Waals surface area contributed by atoms with Gasteiger partial charge in [0.2, 0.25) is 11.9 Å². The Labute approximate surface area is 105 Å². The van der Waals surface area contributed by atoms with Crippen LogP contribution in [-0.2, 0) is 4.79 Å². The van der Waals surface area contributed by atoms with Gasteiger partial charge in [-0.25, -0.2) is 9.37 Å². The Hall–Kier alpha value is -1.92. The van der Waals surface area contributed by atoms with Crippen LogP contribution in [0.15, 0.2) is 6.20 Å². The molecule has 0 spiro atoms. The Bertz CT molecular complexity index is 439. The number of nitrogens with zero attached hydrogens (tertiary/aromatic N) is 3. The van der Waals surface area contributed by atoms with E-state index in [2.05, 4.69) is 20.6 Å². The van der Waals surface area contributed by atoms with Gasteiger partial charge in [-0.15, -0.1) is 0 Å². The van der Waals surface area contributed by atoms with Crippen LogP contribution in [0.1, 0.15) is 13.3 Å². The Morgan fingerprint density at radius 3 is 3.17 bits per heavy atom. The molecule has 2 N–H and O–H groups in total. The molecule has 2 rings (SSSR count). The average Bonchev–Trinajstić information content (AvgIpc) is 2.57. The Kier molecular flexibility index (Phi) is 3.91. The molecule has 0 aliphatic carbocycles. The van der Waals surface area contributed by atoms with Crippen LogP contribution in [0.2, 0.25) is 0 Å². The van der Waals surface area contributed by atoms with Crippen LogP contribution in [0.25, 0.3) is 0 Å². The van der Waals surface area contributed by atoms with Crippen molar-refractivity contribution in [2.45, 2.75) is 13.3 Å². The van der Waals surface area contributed by atoms with Gasteiger partial charge < -0.3 is 15.5 Å². The maximum absolute atomic E-state index is 13.7. The molecular weight excluding hydrogens is 237 g/mol. The molecule has 1 aromatic heterocycles. The van der Waals surface area contributed by atoms with Gasteiger partial charge in [-0.3, -0.25) is 4.79 Å². The molecule has 0 unspecified atom stereocenters. The van der Waals surface area contributed by atoms with Crippen molar-refractivity contribution < 1.29 is 9.18 Å². The fraction of sp³-hybridized carbons (Fsp3) is 0.545. The number of rotatable bonds is 3. The lowest BCUT2D eigenvalue weighted by atomic mass is 10.3. The molecule has 1 aromatic rings. The van der Waals surface area contributed by atoms with Gasteiger partial charge in [0.15, 0.2) is 11.6 Å². The van der Waals surface area contributed by atoms with Crippen molar-refractivity contribution in [2.75, 3.05) is 36.4 Å². The number of nitrogens with one attached hydrogen (secondary N) is 2. The summed E-state index contributed by atoms with van der Waals surface area (Å²) in [6.45, 7) is 4.10. The third kappa shape index (κ3) is 2.85. The van der Waals surface area contributed by atoms with Crippen LogP contribution in [0.4, 0.5) is 16.2 Å². The number of amides is 1. The molecule has 0 atom stereocenters. The second-order valence-corrected chi connectivity index (χ2v) is 3.98. The Balaban J connectivity index is 2.20. The van der Waals surface area contributed by atoms with Crippen molar-refractivity contribution >= 4 is 17.7 Å². The summed E-state index contributed by atoms with van der Waals surface area (Å²) in [7, 11) is 0. The van der Waals surface area contributed by atoms with E-state index >= 15 is 0 Å². The first-order valence-corrected chi connectivity index (χ1v) is 5.98.